The Morgan fingerprint density at radius 2 is 1.80 bits per heavy atom. The van der Waals surface area contributed by atoms with E-state index in [0.717, 1.165) is 9.80 Å². The molecule has 1 rings (SSSR count). The lowest BCUT2D eigenvalue weighted by Crippen LogP contribution is -2.38. The van der Waals surface area contributed by atoms with E-state index in [-0.39, 0.29) is 11.7 Å². The van der Waals surface area contributed by atoms with Gasteiger partial charge in [-0.2, -0.15) is 0 Å². The van der Waals surface area contributed by atoms with Gasteiger partial charge >= 0.3 is 11.9 Å². The molecule has 15 heavy (non-hydrogen) atoms. The van der Waals surface area contributed by atoms with E-state index in [1.807, 2.05) is 0 Å². The molecular weight excluding hydrogens is 224 g/mol. The van der Waals surface area contributed by atoms with E-state index in [9.17, 15) is 14.4 Å². The van der Waals surface area contributed by atoms with Gasteiger partial charge < -0.3 is 15.1 Å². The van der Waals surface area contributed by atoms with Crippen molar-refractivity contribution in [2.45, 2.75) is 0 Å². The lowest BCUT2D eigenvalue weighted by molar-refractivity contribution is -0.141. The zero-order valence-electron chi connectivity index (χ0n) is 7.54. The van der Waals surface area contributed by atoms with Crippen molar-refractivity contribution in [2.24, 2.45) is 0 Å². The predicted molar refractivity (Wildman–Crippen MR) is 51.2 cm³/mol. The summed E-state index contributed by atoms with van der Waals surface area (Å²) < 4.78 is 0. The number of aliphatic carboxylic acids is 2. The van der Waals surface area contributed by atoms with E-state index in [0.29, 0.717) is 0 Å². The van der Waals surface area contributed by atoms with Crippen LogP contribution in [0.15, 0.2) is 0 Å². The second kappa shape index (κ2) is 4.22. The molecule has 0 radical (unpaired) electrons. The van der Waals surface area contributed by atoms with Crippen molar-refractivity contribution < 1.29 is 24.6 Å². The number of carbonyl (C=O) groups is 3. The molecule has 0 aromatic carbocycles. The monoisotopic (exact) mass is 232 g/mol. The fourth-order valence-electron chi connectivity index (χ4n) is 1.17. The predicted octanol–water partition coefficient (Wildman–Crippen LogP) is -1.42. The number of amides is 1. The number of nitrogens with zero attached hydrogens (tertiary/aromatic N) is 2. The molecule has 1 saturated heterocycles. The molecule has 82 valence electrons. The fraction of sp³-hybridized carbons (Fsp3) is 0.429. The van der Waals surface area contributed by atoms with Crippen LogP contribution in [0.5, 0.6) is 0 Å². The van der Waals surface area contributed by atoms with Gasteiger partial charge in [0.05, 0.1) is 0 Å². The Kier molecular flexibility index (Phi) is 3.20. The van der Waals surface area contributed by atoms with Gasteiger partial charge in [0.25, 0.3) is 0 Å². The van der Waals surface area contributed by atoms with Gasteiger partial charge in [0, 0.05) is 0 Å². The van der Waals surface area contributed by atoms with E-state index in [4.69, 9.17) is 22.4 Å². The fourth-order valence-corrected chi connectivity index (χ4v) is 1.47. The molecule has 2 N–H and O–H groups in total. The highest BCUT2D eigenvalue weighted by molar-refractivity contribution is 7.80. The highest BCUT2D eigenvalue weighted by Gasteiger charge is 2.34. The Morgan fingerprint density at radius 3 is 2.27 bits per heavy atom. The number of carbonyl (C=O) groups excluding carboxylic acids is 1. The second-order valence-electron chi connectivity index (χ2n) is 2.91. The summed E-state index contributed by atoms with van der Waals surface area (Å²) in [5.41, 5.74) is 0. The van der Waals surface area contributed by atoms with Gasteiger partial charge in [-0.05, 0) is 12.2 Å². The Hall–Kier alpha value is -1.70. The summed E-state index contributed by atoms with van der Waals surface area (Å²) in [5, 5.41) is 16.9. The smallest absolute Gasteiger partial charge is 0.323 e. The summed E-state index contributed by atoms with van der Waals surface area (Å²) in [7, 11) is 0. The van der Waals surface area contributed by atoms with Crippen LogP contribution < -0.4 is 0 Å². The minimum atomic E-state index is -1.19. The largest absolute Gasteiger partial charge is 0.480 e. The van der Waals surface area contributed by atoms with Crippen LogP contribution in [0, 0.1) is 0 Å². The van der Waals surface area contributed by atoms with Crippen molar-refractivity contribution in [1.29, 1.82) is 0 Å². The second-order valence-corrected chi connectivity index (χ2v) is 3.27. The van der Waals surface area contributed by atoms with E-state index in [1.165, 1.54) is 0 Å². The lowest BCUT2D eigenvalue weighted by atomic mass is 10.5. The van der Waals surface area contributed by atoms with Crippen molar-refractivity contribution in [2.75, 3.05) is 19.6 Å². The third kappa shape index (κ3) is 2.62. The van der Waals surface area contributed by atoms with Crippen LogP contribution in [0.25, 0.3) is 0 Å². The summed E-state index contributed by atoms with van der Waals surface area (Å²) in [5.74, 6) is -2.81. The molecule has 0 aromatic heterocycles. The zero-order chi connectivity index (χ0) is 11.6. The number of carboxylic acid groups (broad SMARTS) is 2. The number of rotatable bonds is 4. The van der Waals surface area contributed by atoms with Crippen LogP contribution in [0.3, 0.4) is 0 Å². The molecule has 7 nitrogen and oxygen atoms in total. The molecule has 0 bridgehead atoms. The average Bonchev–Trinajstić information content (AvgIpc) is 2.31. The van der Waals surface area contributed by atoms with Gasteiger partial charge in [-0.25, -0.2) is 0 Å². The Balaban J connectivity index is 2.70. The van der Waals surface area contributed by atoms with Crippen molar-refractivity contribution in [3.8, 4) is 0 Å². The van der Waals surface area contributed by atoms with Gasteiger partial charge in [0.1, 0.15) is 19.6 Å². The quantitative estimate of drug-likeness (QED) is 0.574. The maximum atomic E-state index is 11.3. The van der Waals surface area contributed by atoms with Gasteiger partial charge in [-0.15, -0.1) is 0 Å². The molecule has 1 heterocycles. The first-order valence-corrected chi connectivity index (χ1v) is 4.35. The van der Waals surface area contributed by atoms with E-state index < -0.39 is 30.9 Å². The van der Waals surface area contributed by atoms with E-state index in [2.05, 4.69) is 0 Å². The minimum Gasteiger partial charge on any atom is -0.480 e. The first-order chi connectivity index (χ1) is 6.91. The Labute approximate surface area is 89.9 Å². The summed E-state index contributed by atoms with van der Waals surface area (Å²) >= 11 is 4.78. The highest BCUT2D eigenvalue weighted by Crippen LogP contribution is 2.09. The van der Waals surface area contributed by atoms with Crippen LogP contribution in [-0.4, -0.2) is 62.6 Å². The SMILES string of the molecule is O=C(O)CN1CC(=O)N(CC(=O)O)C1=S. The molecule has 0 aliphatic carbocycles. The minimum absolute atomic E-state index is 0.0511. The molecule has 1 fully saturated rings. The van der Waals surface area contributed by atoms with Crippen molar-refractivity contribution >= 4 is 35.2 Å². The van der Waals surface area contributed by atoms with Crippen molar-refractivity contribution in [3.05, 3.63) is 0 Å². The third-order valence-electron chi connectivity index (χ3n) is 1.75. The molecule has 8 heteroatoms. The average molecular weight is 232 g/mol. The van der Waals surface area contributed by atoms with Gasteiger partial charge in [-0.3, -0.25) is 19.3 Å². The maximum Gasteiger partial charge on any atom is 0.323 e. The first kappa shape index (κ1) is 11.4. The summed E-state index contributed by atoms with van der Waals surface area (Å²) in [4.78, 5) is 34.0. The van der Waals surface area contributed by atoms with Gasteiger partial charge in [0.15, 0.2) is 5.11 Å². The van der Waals surface area contributed by atoms with Crippen molar-refractivity contribution in [3.63, 3.8) is 0 Å². The standard InChI is InChI=1S/C7H8N2O5S/c10-4-1-8(2-5(11)12)7(15)9(4)3-6(13)14/h1-3H2,(H,11,12)(H,13,14). The topological polar surface area (TPSA) is 98.2 Å². The number of carboxylic acids is 2. The van der Waals surface area contributed by atoms with Crippen LogP contribution in [0.2, 0.25) is 0 Å². The van der Waals surface area contributed by atoms with Gasteiger partial charge in [-0.1, -0.05) is 0 Å². The summed E-state index contributed by atoms with van der Waals surface area (Å²) in [6, 6.07) is 0. The summed E-state index contributed by atoms with van der Waals surface area (Å²) in [6.07, 6.45) is 0. The Morgan fingerprint density at radius 1 is 1.27 bits per heavy atom. The third-order valence-corrected chi connectivity index (χ3v) is 2.23. The van der Waals surface area contributed by atoms with Crippen LogP contribution in [0.4, 0.5) is 0 Å². The molecule has 1 amide bonds. The van der Waals surface area contributed by atoms with Crippen LogP contribution >= 0.6 is 12.2 Å². The van der Waals surface area contributed by atoms with Gasteiger partial charge in [0.2, 0.25) is 5.91 Å². The van der Waals surface area contributed by atoms with E-state index in [1.54, 1.807) is 0 Å². The van der Waals surface area contributed by atoms with Crippen LogP contribution in [-0.2, 0) is 14.4 Å². The molecule has 1 aliphatic heterocycles. The van der Waals surface area contributed by atoms with E-state index >= 15 is 0 Å². The molecule has 0 unspecified atom stereocenters. The maximum absolute atomic E-state index is 11.3. The zero-order valence-corrected chi connectivity index (χ0v) is 8.36. The summed E-state index contributed by atoms with van der Waals surface area (Å²) in [6.45, 7) is -1.12. The first-order valence-electron chi connectivity index (χ1n) is 3.94. The lowest BCUT2D eigenvalue weighted by Gasteiger charge is -2.16. The highest BCUT2D eigenvalue weighted by atomic mass is 32.1. The number of hydrogen-bond donors (Lipinski definition) is 2. The van der Waals surface area contributed by atoms with Crippen molar-refractivity contribution in [1.82, 2.24) is 9.80 Å². The molecular formula is C7H8N2O5S. The molecule has 0 spiro atoms. The molecule has 0 atom stereocenters. The number of hydrogen-bond acceptors (Lipinski definition) is 4. The molecule has 1 aliphatic rings. The molecule has 0 aromatic rings. The molecule has 0 saturated carbocycles. The normalized spacial score (nSPS) is 16.0. The Bertz CT molecular complexity index is 342. The number of thiocarbonyl (C=S) groups is 1. The van der Waals surface area contributed by atoms with Crippen LogP contribution in [0.1, 0.15) is 0 Å².